The van der Waals surface area contributed by atoms with E-state index in [-0.39, 0.29) is 18.0 Å². The second-order valence-corrected chi connectivity index (χ2v) is 7.29. The smallest absolute Gasteiger partial charge is 0.268 e. The fourth-order valence-electron chi connectivity index (χ4n) is 3.09. The van der Waals surface area contributed by atoms with Crippen LogP contribution in [0.1, 0.15) is 73.7 Å². The van der Waals surface area contributed by atoms with Crippen LogP contribution in [0.15, 0.2) is 41.2 Å². The van der Waals surface area contributed by atoms with Crippen molar-refractivity contribution in [3.05, 3.63) is 53.9 Å². The van der Waals surface area contributed by atoms with Gasteiger partial charge in [-0.25, -0.2) is 0 Å². The average molecular weight is 365 g/mol. The topological polar surface area (TPSA) is 85.8 Å². The molecule has 1 atom stereocenters. The summed E-state index contributed by atoms with van der Waals surface area (Å²) in [5.41, 5.74) is 2.57. The number of hydrogen-bond donors (Lipinski definition) is 1. The van der Waals surface area contributed by atoms with E-state index in [4.69, 9.17) is 4.52 Å². The van der Waals surface area contributed by atoms with Crippen LogP contribution in [0.4, 0.5) is 0 Å². The van der Waals surface area contributed by atoms with Crippen molar-refractivity contribution >= 4 is 5.91 Å². The fourth-order valence-corrected chi connectivity index (χ4v) is 3.09. The number of carbonyl (C=O) groups is 1. The average Bonchev–Trinajstić information content (AvgIpc) is 3.19. The number of nitrogens with one attached hydrogen (secondary N) is 1. The van der Waals surface area contributed by atoms with Crippen molar-refractivity contribution in [1.82, 2.24) is 25.0 Å². The van der Waals surface area contributed by atoms with E-state index >= 15 is 0 Å². The molecule has 3 aromatic heterocycles. The molecule has 1 fully saturated rings. The van der Waals surface area contributed by atoms with Crippen molar-refractivity contribution < 1.29 is 9.32 Å². The normalized spacial score (nSPS) is 15.1. The van der Waals surface area contributed by atoms with Gasteiger partial charge in [0.05, 0.1) is 0 Å². The van der Waals surface area contributed by atoms with Crippen LogP contribution in [-0.2, 0) is 0 Å². The molecule has 1 aliphatic carbocycles. The minimum Gasteiger partial charge on any atom is -0.341 e. The van der Waals surface area contributed by atoms with E-state index in [2.05, 4.69) is 20.4 Å². The molecule has 0 aliphatic heterocycles. The molecular weight excluding hydrogens is 342 g/mol. The van der Waals surface area contributed by atoms with Gasteiger partial charge in [0.15, 0.2) is 0 Å². The summed E-state index contributed by atoms with van der Waals surface area (Å²) in [5, 5.41) is 7.00. The van der Waals surface area contributed by atoms with Gasteiger partial charge in [-0.3, -0.25) is 9.78 Å². The van der Waals surface area contributed by atoms with Crippen LogP contribution in [0.3, 0.4) is 0 Å². The maximum absolute atomic E-state index is 12.6. The predicted octanol–water partition coefficient (Wildman–Crippen LogP) is 3.88. The Bertz CT molecular complexity index is 955. The van der Waals surface area contributed by atoms with Crippen molar-refractivity contribution in [3.63, 3.8) is 0 Å². The van der Waals surface area contributed by atoms with Crippen LogP contribution in [-0.4, -0.2) is 25.6 Å². The fraction of sp³-hybridized carbons (Fsp3) is 0.400. The molecule has 1 N–H and O–H groups in total. The standard InChI is InChI=1S/C20H23N5O2/c1-12(2)25-10-4-5-17(25)19(26)22-13(3)20-23-18(24-27-20)15-8-9-21-16(11-15)14-6-7-14/h4-5,8-14H,6-7H2,1-3H3,(H,22,26)/t13-/m0/s1. The summed E-state index contributed by atoms with van der Waals surface area (Å²) in [6.45, 7) is 5.91. The lowest BCUT2D eigenvalue weighted by atomic mass is 10.2. The third-order valence-electron chi connectivity index (χ3n) is 4.76. The summed E-state index contributed by atoms with van der Waals surface area (Å²) >= 11 is 0. The largest absolute Gasteiger partial charge is 0.341 e. The van der Waals surface area contributed by atoms with Crippen LogP contribution >= 0.6 is 0 Å². The van der Waals surface area contributed by atoms with Crippen LogP contribution in [0.2, 0.25) is 0 Å². The highest BCUT2D eigenvalue weighted by molar-refractivity contribution is 5.93. The maximum atomic E-state index is 12.6. The molecule has 0 aromatic carbocycles. The van der Waals surface area contributed by atoms with E-state index in [1.165, 1.54) is 12.8 Å². The molecule has 0 radical (unpaired) electrons. The number of hydrogen-bond acceptors (Lipinski definition) is 5. The zero-order chi connectivity index (χ0) is 19.0. The van der Waals surface area contributed by atoms with E-state index in [0.29, 0.717) is 23.3 Å². The molecule has 0 bridgehead atoms. The van der Waals surface area contributed by atoms with Crippen molar-refractivity contribution in [1.29, 1.82) is 0 Å². The van der Waals surface area contributed by atoms with Crippen LogP contribution in [0, 0.1) is 0 Å². The monoisotopic (exact) mass is 365 g/mol. The Balaban J connectivity index is 1.48. The quantitative estimate of drug-likeness (QED) is 0.716. The highest BCUT2D eigenvalue weighted by Gasteiger charge is 2.26. The van der Waals surface area contributed by atoms with Gasteiger partial charge in [-0.05, 0) is 57.9 Å². The zero-order valence-corrected chi connectivity index (χ0v) is 15.7. The first-order valence-corrected chi connectivity index (χ1v) is 9.30. The van der Waals surface area contributed by atoms with Gasteiger partial charge < -0.3 is 14.4 Å². The third kappa shape index (κ3) is 3.63. The molecule has 0 spiro atoms. The Morgan fingerprint density at radius 3 is 2.85 bits per heavy atom. The van der Waals surface area contributed by atoms with Crippen LogP contribution in [0.5, 0.6) is 0 Å². The van der Waals surface area contributed by atoms with Gasteiger partial charge in [-0.15, -0.1) is 0 Å². The van der Waals surface area contributed by atoms with Crippen molar-refractivity contribution in [2.24, 2.45) is 0 Å². The van der Waals surface area contributed by atoms with Gasteiger partial charge in [0.1, 0.15) is 11.7 Å². The summed E-state index contributed by atoms with van der Waals surface area (Å²) in [6.07, 6.45) is 6.06. The van der Waals surface area contributed by atoms with E-state index < -0.39 is 0 Å². The van der Waals surface area contributed by atoms with Crippen molar-refractivity contribution in [3.8, 4) is 11.4 Å². The second-order valence-electron chi connectivity index (χ2n) is 7.29. The molecule has 3 aromatic rings. The lowest BCUT2D eigenvalue weighted by molar-refractivity contribution is 0.0921. The maximum Gasteiger partial charge on any atom is 0.268 e. The minimum atomic E-state index is -0.390. The molecule has 4 rings (SSSR count). The Labute approximate surface area is 157 Å². The molecule has 1 aliphatic rings. The van der Waals surface area contributed by atoms with Crippen LogP contribution in [0.25, 0.3) is 11.4 Å². The number of carbonyl (C=O) groups excluding carboxylic acids is 1. The summed E-state index contributed by atoms with van der Waals surface area (Å²) < 4.78 is 7.32. The van der Waals surface area contributed by atoms with E-state index in [1.54, 1.807) is 12.3 Å². The van der Waals surface area contributed by atoms with E-state index in [9.17, 15) is 4.79 Å². The molecule has 3 heterocycles. The first-order chi connectivity index (χ1) is 13.0. The van der Waals surface area contributed by atoms with Crippen LogP contribution < -0.4 is 5.32 Å². The first-order valence-electron chi connectivity index (χ1n) is 9.30. The van der Waals surface area contributed by atoms with Gasteiger partial charge in [0.25, 0.3) is 5.91 Å². The van der Waals surface area contributed by atoms with Gasteiger partial charge in [0.2, 0.25) is 11.7 Å². The summed E-state index contributed by atoms with van der Waals surface area (Å²) in [5.74, 6) is 1.29. The molecule has 27 heavy (non-hydrogen) atoms. The lowest BCUT2D eigenvalue weighted by Gasteiger charge is -2.14. The van der Waals surface area contributed by atoms with E-state index in [0.717, 1.165) is 11.3 Å². The molecule has 1 saturated carbocycles. The molecule has 7 nitrogen and oxygen atoms in total. The highest BCUT2D eigenvalue weighted by atomic mass is 16.5. The molecule has 1 amide bonds. The number of amides is 1. The number of rotatable bonds is 6. The van der Waals surface area contributed by atoms with Gasteiger partial charge in [-0.2, -0.15) is 4.98 Å². The predicted molar refractivity (Wildman–Crippen MR) is 100 cm³/mol. The summed E-state index contributed by atoms with van der Waals surface area (Å²) in [4.78, 5) is 21.5. The van der Waals surface area contributed by atoms with Gasteiger partial charge >= 0.3 is 0 Å². The Kier molecular flexibility index (Phi) is 4.51. The van der Waals surface area contributed by atoms with Gasteiger partial charge in [0, 0.05) is 35.6 Å². The van der Waals surface area contributed by atoms with Crippen molar-refractivity contribution in [2.45, 2.75) is 51.6 Å². The lowest BCUT2D eigenvalue weighted by Crippen LogP contribution is -2.29. The third-order valence-corrected chi connectivity index (χ3v) is 4.76. The molecule has 0 unspecified atom stereocenters. The second kappa shape index (κ2) is 6.98. The number of aromatic nitrogens is 4. The number of pyridine rings is 1. The SMILES string of the molecule is CC(C)n1cccc1C(=O)N[C@@H](C)c1nc(-c2ccnc(C3CC3)c2)no1. The molecule has 140 valence electrons. The molecule has 0 saturated heterocycles. The Morgan fingerprint density at radius 1 is 1.30 bits per heavy atom. The molecular formula is C20H23N5O2. The Hall–Kier alpha value is -2.96. The van der Waals surface area contributed by atoms with Gasteiger partial charge in [-0.1, -0.05) is 5.16 Å². The Morgan fingerprint density at radius 2 is 2.11 bits per heavy atom. The zero-order valence-electron chi connectivity index (χ0n) is 15.7. The minimum absolute atomic E-state index is 0.166. The summed E-state index contributed by atoms with van der Waals surface area (Å²) in [6, 6.07) is 7.38. The molecule has 7 heteroatoms. The van der Waals surface area contributed by atoms with E-state index in [1.807, 2.05) is 49.7 Å². The summed E-state index contributed by atoms with van der Waals surface area (Å²) in [7, 11) is 0. The van der Waals surface area contributed by atoms with Crippen molar-refractivity contribution in [2.75, 3.05) is 0 Å². The number of nitrogens with zero attached hydrogens (tertiary/aromatic N) is 4. The highest BCUT2D eigenvalue weighted by Crippen LogP contribution is 2.39. The first kappa shape index (κ1) is 17.5.